The van der Waals surface area contributed by atoms with Crippen molar-refractivity contribution in [3.05, 3.63) is 66.0 Å². The Bertz CT molecular complexity index is 934. The van der Waals surface area contributed by atoms with Crippen molar-refractivity contribution in [3.63, 3.8) is 0 Å². The van der Waals surface area contributed by atoms with Gasteiger partial charge in [0.1, 0.15) is 11.9 Å². The molecule has 5 nitrogen and oxygen atoms in total. The molecule has 140 valence electrons. The summed E-state index contributed by atoms with van der Waals surface area (Å²) in [6.45, 7) is 3.03. The third-order valence-corrected chi connectivity index (χ3v) is 5.49. The number of nitrogens with zero attached hydrogens (tertiary/aromatic N) is 2. The van der Waals surface area contributed by atoms with Gasteiger partial charge in [-0.3, -0.25) is 4.79 Å². The second-order valence-corrected chi connectivity index (χ2v) is 7.45. The van der Waals surface area contributed by atoms with Crippen molar-refractivity contribution < 1.29 is 4.79 Å². The van der Waals surface area contributed by atoms with Crippen LogP contribution in [0.1, 0.15) is 37.2 Å². The number of hydrogen-bond donors (Lipinski definition) is 2. The van der Waals surface area contributed by atoms with Crippen LogP contribution in [0.4, 0.5) is 0 Å². The first-order valence-electron chi connectivity index (χ1n) is 9.63. The van der Waals surface area contributed by atoms with E-state index < -0.39 is 0 Å². The summed E-state index contributed by atoms with van der Waals surface area (Å²) in [5, 5.41) is 6.71. The van der Waals surface area contributed by atoms with Crippen molar-refractivity contribution in [2.75, 3.05) is 6.54 Å². The monoisotopic (exact) mass is 362 g/mol. The van der Waals surface area contributed by atoms with Crippen molar-refractivity contribution in [3.8, 4) is 0 Å². The first-order chi connectivity index (χ1) is 13.1. The number of fused-ring (bicyclic) bond motifs is 1. The Morgan fingerprint density at radius 1 is 1.19 bits per heavy atom. The summed E-state index contributed by atoms with van der Waals surface area (Å²) in [7, 11) is 2.01. The fourth-order valence-corrected chi connectivity index (χ4v) is 3.99. The SMILES string of the molecule is C[C@H]1C[C@@H](C(=O)NC(c2ccccc2)c2nc3ccccc3n2C)CCN1. The molecule has 3 atom stereocenters. The lowest BCUT2D eigenvalue weighted by atomic mass is 9.92. The van der Waals surface area contributed by atoms with E-state index in [9.17, 15) is 4.79 Å². The summed E-state index contributed by atoms with van der Waals surface area (Å²) in [5.41, 5.74) is 3.06. The molecule has 1 fully saturated rings. The van der Waals surface area contributed by atoms with Gasteiger partial charge in [0.25, 0.3) is 0 Å². The molecule has 1 aliphatic heterocycles. The number of imidazole rings is 1. The molecule has 27 heavy (non-hydrogen) atoms. The fourth-order valence-electron chi connectivity index (χ4n) is 3.99. The molecule has 2 heterocycles. The number of hydrogen-bond acceptors (Lipinski definition) is 3. The number of nitrogens with one attached hydrogen (secondary N) is 2. The topological polar surface area (TPSA) is 59.0 Å². The van der Waals surface area contributed by atoms with Gasteiger partial charge in [0.05, 0.1) is 11.0 Å². The lowest BCUT2D eigenvalue weighted by Crippen LogP contribution is -2.43. The molecule has 0 radical (unpaired) electrons. The van der Waals surface area contributed by atoms with Gasteiger partial charge in [0.2, 0.25) is 5.91 Å². The minimum atomic E-state index is -0.263. The van der Waals surface area contributed by atoms with E-state index in [2.05, 4.69) is 40.3 Å². The van der Waals surface area contributed by atoms with Crippen LogP contribution in [0.5, 0.6) is 0 Å². The summed E-state index contributed by atoms with van der Waals surface area (Å²) < 4.78 is 2.08. The van der Waals surface area contributed by atoms with Gasteiger partial charge >= 0.3 is 0 Å². The van der Waals surface area contributed by atoms with E-state index in [-0.39, 0.29) is 17.9 Å². The standard InChI is InChI=1S/C22H26N4O/c1-15-14-17(12-13-23-15)22(27)25-20(16-8-4-3-5-9-16)21-24-18-10-6-7-11-19(18)26(21)2/h3-11,15,17,20,23H,12-14H2,1-2H3,(H,25,27)/t15-,17-,20?/m0/s1. The molecular formula is C22H26N4O. The van der Waals surface area contributed by atoms with E-state index in [1.807, 2.05) is 43.4 Å². The third-order valence-electron chi connectivity index (χ3n) is 5.49. The molecule has 3 aromatic rings. The molecule has 5 heteroatoms. The normalized spacial score (nSPS) is 21.1. The van der Waals surface area contributed by atoms with Gasteiger partial charge in [-0.1, -0.05) is 42.5 Å². The van der Waals surface area contributed by atoms with E-state index in [0.717, 1.165) is 41.8 Å². The Balaban J connectivity index is 1.69. The summed E-state index contributed by atoms with van der Waals surface area (Å²) in [6.07, 6.45) is 1.75. The summed E-state index contributed by atoms with van der Waals surface area (Å²) >= 11 is 0. The first kappa shape index (κ1) is 17.7. The van der Waals surface area contributed by atoms with Gasteiger partial charge in [0.15, 0.2) is 0 Å². The Labute approximate surface area is 159 Å². The minimum Gasteiger partial charge on any atom is -0.342 e. The highest BCUT2D eigenvalue weighted by atomic mass is 16.2. The summed E-state index contributed by atoms with van der Waals surface area (Å²) in [5.74, 6) is 1.02. The molecule has 2 N–H and O–H groups in total. The summed E-state index contributed by atoms with van der Waals surface area (Å²) in [4.78, 5) is 17.9. The molecule has 1 saturated heterocycles. The fraction of sp³-hybridized carbons (Fsp3) is 0.364. The van der Waals surface area contributed by atoms with E-state index in [1.165, 1.54) is 0 Å². The van der Waals surface area contributed by atoms with E-state index in [1.54, 1.807) is 0 Å². The highest BCUT2D eigenvalue weighted by Crippen LogP contribution is 2.26. The average Bonchev–Trinajstić information content (AvgIpc) is 3.03. The quantitative estimate of drug-likeness (QED) is 0.749. The largest absolute Gasteiger partial charge is 0.342 e. The number of amides is 1. The van der Waals surface area contributed by atoms with Gasteiger partial charge in [-0.05, 0) is 44.0 Å². The number of piperidine rings is 1. The number of aromatic nitrogens is 2. The maximum absolute atomic E-state index is 13.1. The molecule has 1 aromatic heterocycles. The molecule has 1 amide bonds. The zero-order valence-corrected chi connectivity index (χ0v) is 15.9. The van der Waals surface area contributed by atoms with Crippen LogP contribution in [0.3, 0.4) is 0 Å². The Morgan fingerprint density at radius 3 is 2.67 bits per heavy atom. The Morgan fingerprint density at radius 2 is 1.93 bits per heavy atom. The van der Waals surface area contributed by atoms with Crippen LogP contribution in [0, 0.1) is 5.92 Å². The predicted molar refractivity (Wildman–Crippen MR) is 107 cm³/mol. The summed E-state index contributed by atoms with van der Waals surface area (Å²) in [6, 6.07) is 18.3. The number of carbonyl (C=O) groups is 1. The Kier molecular flexibility index (Phi) is 4.94. The molecular weight excluding hydrogens is 336 g/mol. The van der Waals surface area contributed by atoms with Crippen molar-refractivity contribution in [2.45, 2.75) is 31.8 Å². The molecule has 0 spiro atoms. The number of para-hydroxylation sites is 2. The Hall–Kier alpha value is -2.66. The van der Waals surface area contributed by atoms with Crippen LogP contribution in [0.25, 0.3) is 11.0 Å². The molecule has 1 unspecified atom stereocenters. The number of rotatable bonds is 4. The van der Waals surface area contributed by atoms with Crippen molar-refractivity contribution in [1.29, 1.82) is 0 Å². The zero-order valence-electron chi connectivity index (χ0n) is 15.9. The van der Waals surface area contributed by atoms with Crippen LogP contribution >= 0.6 is 0 Å². The van der Waals surface area contributed by atoms with Crippen LogP contribution in [0.15, 0.2) is 54.6 Å². The molecule has 1 aliphatic rings. The van der Waals surface area contributed by atoms with Gasteiger partial charge in [-0.25, -0.2) is 4.98 Å². The second kappa shape index (κ2) is 7.53. The highest BCUT2D eigenvalue weighted by Gasteiger charge is 2.29. The molecule has 0 aliphatic carbocycles. The highest BCUT2D eigenvalue weighted by molar-refractivity contribution is 5.80. The second-order valence-electron chi connectivity index (χ2n) is 7.45. The van der Waals surface area contributed by atoms with Crippen molar-refractivity contribution in [1.82, 2.24) is 20.2 Å². The minimum absolute atomic E-state index is 0.0437. The lowest BCUT2D eigenvalue weighted by Gasteiger charge is -2.29. The maximum atomic E-state index is 13.1. The van der Waals surface area contributed by atoms with E-state index in [0.29, 0.717) is 6.04 Å². The third kappa shape index (κ3) is 3.60. The predicted octanol–water partition coefficient (Wildman–Crippen LogP) is 3.17. The smallest absolute Gasteiger partial charge is 0.224 e. The molecule has 0 saturated carbocycles. The lowest BCUT2D eigenvalue weighted by molar-refractivity contribution is -0.126. The van der Waals surface area contributed by atoms with Crippen molar-refractivity contribution in [2.24, 2.45) is 13.0 Å². The van der Waals surface area contributed by atoms with Gasteiger partial charge in [-0.2, -0.15) is 0 Å². The first-order valence-corrected chi connectivity index (χ1v) is 9.63. The molecule has 0 bridgehead atoms. The zero-order chi connectivity index (χ0) is 18.8. The van der Waals surface area contributed by atoms with Gasteiger partial charge < -0.3 is 15.2 Å². The average molecular weight is 362 g/mol. The van der Waals surface area contributed by atoms with Crippen LogP contribution in [0.2, 0.25) is 0 Å². The number of carbonyl (C=O) groups excluding carboxylic acids is 1. The number of benzene rings is 2. The van der Waals surface area contributed by atoms with Gasteiger partial charge in [0, 0.05) is 19.0 Å². The van der Waals surface area contributed by atoms with Crippen molar-refractivity contribution >= 4 is 16.9 Å². The van der Waals surface area contributed by atoms with Crippen LogP contribution in [-0.2, 0) is 11.8 Å². The molecule has 2 aromatic carbocycles. The van der Waals surface area contributed by atoms with E-state index in [4.69, 9.17) is 4.98 Å². The van der Waals surface area contributed by atoms with Crippen LogP contribution < -0.4 is 10.6 Å². The van der Waals surface area contributed by atoms with Gasteiger partial charge in [-0.15, -0.1) is 0 Å². The number of aryl methyl sites for hydroxylation is 1. The van der Waals surface area contributed by atoms with Crippen LogP contribution in [-0.4, -0.2) is 28.0 Å². The molecule has 4 rings (SSSR count). The van der Waals surface area contributed by atoms with E-state index >= 15 is 0 Å². The maximum Gasteiger partial charge on any atom is 0.224 e.